The molecule has 1 saturated carbocycles. The molecule has 3 nitrogen and oxygen atoms in total. The van der Waals surface area contributed by atoms with E-state index in [1.54, 1.807) is 0 Å². The van der Waals surface area contributed by atoms with Crippen molar-refractivity contribution in [1.29, 1.82) is 0 Å². The first kappa shape index (κ1) is 19.8. The Balaban J connectivity index is 1.63. The van der Waals surface area contributed by atoms with E-state index in [2.05, 4.69) is 24.3 Å². The SMILES string of the molecule is CC(C)C1(CCCc2ccccc2)OC(=O)C(C(c2ccccc2)C2CC2)=C1O. The van der Waals surface area contributed by atoms with E-state index in [1.165, 1.54) is 5.56 Å². The summed E-state index contributed by atoms with van der Waals surface area (Å²) in [6.45, 7) is 4.06. The molecule has 0 amide bonds. The maximum absolute atomic E-state index is 13.0. The number of hydrogen-bond donors (Lipinski definition) is 1. The van der Waals surface area contributed by atoms with Gasteiger partial charge >= 0.3 is 5.97 Å². The minimum Gasteiger partial charge on any atom is -0.507 e. The molecule has 152 valence electrons. The number of benzene rings is 2. The van der Waals surface area contributed by atoms with Crippen LogP contribution >= 0.6 is 0 Å². The van der Waals surface area contributed by atoms with E-state index in [0.717, 1.165) is 31.2 Å². The molecule has 0 radical (unpaired) electrons. The topological polar surface area (TPSA) is 46.5 Å². The Kier molecular flexibility index (Phi) is 5.49. The van der Waals surface area contributed by atoms with Crippen molar-refractivity contribution in [2.75, 3.05) is 0 Å². The van der Waals surface area contributed by atoms with Gasteiger partial charge in [-0.1, -0.05) is 74.5 Å². The molecule has 0 aromatic heterocycles. The van der Waals surface area contributed by atoms with Crippen LogP contribution in [0, 0.1) is 11.8 Å². The molecular formula is C26H30O3. The molecule has 1 N–H and O–H groups in total. The number of cyclic esters (lactones) is 1. The number of carbonyl (C=O) groups excluding carboxylic acids is 1. The molecule has 1 heterocycles. The van der Waals surface area contributed by atoms with Crippen LogP contribution in [0.15, 0.2) is 72.0 Å². The normalized spacial score (nSPS) is 22.8. The monoisotopic (exact) mass is 390 g/mol. The lowest BCUT2D eigenvalue weighted by Gasteiger charge is -2.32. The van der Waals surface area contributed by atoms with Gasteiger partial charge in [-0.2, -0.15) is 0 Å². The van der Waals surface area contributed by atoms with Crippen LogP contribution in [0.25, 0.3) is 0 Å². The zero-order valence-corrected chi connectivity index (χ0v) is 17.3. The van der Waals surface area contributed by atoms with Crippen molar-refractivity contribution in [1.82, 2.24) is 0 Å². The van der Waals surface area contributed by atoms with Gasteiger partial charge in [-0.15, -0.1) is 0 Å². The van der Waals surface area contributed by atoms with Crippen LogP contribution < -0.4 is 0 Å². The minimum absolute atomic E-state index is 0.00958. The third kappa shape index (κ3) is 3.83. The molecule has 0 spiro atoms. The third-order valence-electron chi connectivity index (χ3n) is 6.50. The van der Waals surface area contributed by atoms with Crippen molar-refractivity contribution in [2.45, 2.75) is 57.5 Å². The molecule has 1 aliphatic carbocycles. The lowest BCUT2D eigenvalue weighted by atomic mass is 9.79. The fourth-order valence-electron chi connectivity index (χ4n) is 4.68. The summed E-state index contributed by atoms with van der Waals surface area (Å²) in [6.07, 6.45) is 4.57. The molecule has 2 atom stereocenters. The fraction of sp³-hybridized carbons (Fsp3) is 0.423. The highest BCUT2D eigenvalue weighted by Gasteiger charge is 2.53. The largest absolute Gasteiger partial charge is 0.507 e. The first-order valence-corrected chi connectivity index (χ1v) is 10.8. The summed E-state index contributed by atoms with van der Waals surface area (Å²) in [4.78, 5) is 13.0. The maximum Gasteiger partial charge on any atom is 0.339 e. The van der Waals surface area contributed by atoms with Crippen molar-refractivity contribution < 1.29 is 14.6 Å². The molecule has 2 aromatic carbocycles. The van der Waals surface area contributed by atoms with E-state index in [1.807, 2.05) is 50.2 Å². The van der Waals surface area contributed by atoms with Gasteiger partial charge in [0.15, 0.2) is 5.60 Å². The highest BCUT2D eigenvalue weighted by atomic mass is 16.6. The third-order valence-corrected chi connectivity index (χ3v) is 6.50. The second-order valence-electron chi connectivity index (χ2n) is 8.76. The number of aliphatic hydroxyl groups is 1. The fourth-order valence-corrected chi connectivity index (χ4v) is 4.68. The van der Waals surface area contributed by atoms with Crippen LogP contribution in [0.4, 0.5) is 0 Å². The van der Waals surface area contributed by atoms with E-state index in [9.17, 15) is 9.90 Å². The number of aryl methyl sites for hydroxylation is 1. The Labute approximate surface area is 173 Å². The standard InChI is InChI=1S/C26H30O3/c1-18(2)26(17-9-12-19-10-5-3-6-11-19)24(27)23(25(28)29-26)22(21-15-16-21)20-13-7-4-8-14-20/h3-8,10-11,13-14,18,21-22,27H,9,12,15-17H2,1-2H3. The average Bonchev–Trinajstić information content (AvgIpc) is 3.53. The molecule has 2 unspecified atom stereocenters. The predicted octanol–water partition coefficient (Wildman–Crippen LogP) is 5.97. The Bertz CT molecular complexity index is 881. The number of aliphatic hydroxyl groups excluding tert-OH is 1. The summed E-state index contributed by atoms with van der Waals surface area (Å²) in [5.74, 6) is 0.186. The molecule has 2 aromatic rings. The Morgan fingerprint density at radius 3 is 2.24 bits per heavy atom. The van der Waals surface area contributed by atoms with E-state index >= 15 is 0 Å². The molecule has 2 aliphatic rings. The Morgan fingerprint density at radius 2 is 1.66 bits per heavy atom. The number of rotatable bonds is 8. The van der Waals surface area contributed by atoms with Crippen molar-refractivity contribution in [3.05, 3.63) is 83.1 Å². The lowest BCUT2D eigenvalue weighted by Crippen LogP contribution is -2.38. The average molecular weight is 391 g/mol. The summed E-state index contributed by atoms with van der Waals surface area (Å²) in [5, 5.41) is 11.4. The second kappa shape index (κ2) is 8.06. The quantitative estimate of drug-likeness (QED) is 0.565. The lowest BCUT2D eigenvalue weighted by molar-refractivity contribution is -0.153. The van der Waals surface area contributed by atoms with Crippen molar-refractivity contribution >= 4 is 5.97 Å². The van der Waals surface area contributed by atoms with Gasteiger partial charge < -0.3 is 9.84 Å². The van der Waals surface area contributed by atoms with Gasteiger partial charge in [-0.05, 0) is 49.1 Å². The summed E-state index contributed by atoms with van der Waals surface area (Å²) in [6, 6.07) is 20.4. The molecule has 29 heavy (non-hydrogen) atoms. The summed E-state index contributed by atoms with van der Waals surface area (Å²) in [5.41, 5.74) is 1.94. The summed E-state index contributed by atoms with van der Waals surface area (Å²) >= 11 is 0. The smallest absolute Gasteiger partial charge is 0.339 e. The van der Waals surface area contributed by atoms with Gasteiger partial charge in [-0.25, -0.2) is 4.79 Å². The van der Waals surface area contributed by atoms with Crippen LogP contribution in [-0.2, 0) is 16.0 Å². The molecule has 1 fully saturated rings. The van der Waals surface area contributed by atoms with Gasteiger partial charge in [0.2, 0.25) is 0 Å². The number of carbonyl (C=O) groups is 1. The van der Waals surface area contributed by atoms with E-state index in [4.69, 9.17) is 4.74 Å². The van der Waals surface area contributed by atoms with Gasteiger partial charge in [-0.3, -0.25) is 0 Å². The van der Waals surface area contributed by atoms with Gasteiger partial charge in [0.1, 0.15) is 5.76 Å². The molecule has 4 rings (SSSR count). The van der Waals surface area contributed by atoms with Gasteiger partial charge in [0.25, 0.3) is 0 Å². The first-order chi connectivity index (χ1) is 14.0. The Morgan fingerprint density at radius 1 is 1.03 bits per heavy atom. The number of hydrogen-bond acceptors (Lipinski definition) is 3. The maximum atomic E-state index is 13.0. The zero-order valence-electron chi connectivity index (χ0n) is 17.3. The molecule has 0 bridgehead atoms. The summed E-state index contributed by atoms with van der Waals surface area (Å²) < 4.78 is 5.99. The van der Waals surface area contributed by atoms with Crippen LogP contribution in [0.5, 0.6) is 0 Å². The van der Waals surface area contributed by atoms with Crippen LogP contribution in [-0.4, -0.2) is 16.7 Å². The number of ether oxygens (including phenoxy) is 1. The molecule has 0 saturated heterocycles. The van der Waals surface area contributed by atoms with Crippen LogP contribution in [0.3, 0.4) is 0 Å². The van der Waals surface area contributed by atoms with Crippen LogP contribution in [0.1, 0.15) is 56.6 Å². The second-order valence-corrected chi connectivity index (χ2v) is 8.76. The van der Waals surface area contributed by atoms with Crippen LogP contribution in [0.2, 0.25) is 0 Å². The molecule has 1 aliphatic heterocycles. The molecule has 3 heteroatoms. The first-order valence-electron chi connectivity index (χ1n) is 10.8. The van der Waals surface area contributed by atoms with Crippen molar-refractivity contribution in [3.8, 4) is 0 Å². The van der Waals surface area contributed by atoms with Crippen molar-refractivity contribution in [3.63, 3.8) is 0 Å². The zero-order chi connectivity index (χ0) is 20.4. The minimum atomic E-state index is -0.914. The van der Waals surface area contributed by atoms with E-state index in [-0.39, 0.29) is 23.6 Å². The summed E-state index contributed by atoms with van der Waals surface area (Å²) in [7, 11) is 0. The van der Waals surface area contributed by atoms with Gasteiger partial charge in [0.05, 0.1) is 5.57 Å². The van der Waals surface area contributed by atoms with Crippen molar-refractivity contribution in [2.24, 2.45) is 11.8 Å². The van der Waals surface area contributed by atoms with Gasteiger partial charge in [0, 0.05) is 11.8 Å². The Hall–Kier alpha value is -2.55. The predicted molar refractivity (Wildman–Crippen MR) is 115 cm³/mol. The highest BCUT2D eigenvalue weighted by molar-refractivity contribution is 5.94. The number of esters is 1. The molecular weight excluding hydrogens is 360 g/mol. The van der Waals surface area contributed by atoms with E-state index < -0.39 is 5.60 Å². The van der Waals surface area contributed by atoms with E-state index in [0.29, 0.717) is 17.9 Å². The highest BCUT2D eigenvalue weighted by Crippen LogP contribution is 2.52.